The average Bonchev–Trinajstić information content (AvgIpc) is 2.19. The molecule has 1 aliphatic heterocycles. The number of fused-ring (bicyclic) bond motifs is 1. The summed E-state index contributed by atoms with van der Waals surface area (Å²) in [5.74, 6) is 1.38. The molecule has 16 heavy (non-hydrogen) atoms. The highest BCUT2D eigenvalue weighted by Gasteiger charge is 2.38. The lowest BCUT2D eigenvalue weighted by atomic mass is 9.81. The molecule has 1 unspecified atom stereocenters. The summed E-state index contributed by atoms with van der Waals surface area (Å²) in [6.07, 6.45) is 0.869. The molecule has 0 fully saturated rings. The van der Waals surface area contributed by atoms with E-state index in [1.165, 1.54) is 0 Å². The fraction of sp³-hybridized carbons (Fsp3) is 0.538. The van der Waals surface area contributed by atoms with Crippen LogP contribution in [0, 0.1) is 5.92 Å². The first-order chi connectivity index (χ1) is 7.42. The zero-order valence-corrected chi connectivity index (χ0v) is 11.5. The van der Waals surface area contributed by atoms with Gasteiger partial charge in [-0.05, 0) is 31.0 Å². The number of hydrogen-bond acceptors (Lipinski definition) is 2. The summed E-state index contributed by atoms with van der Waals surface area (Å²) in [5.41, 5.74) is 7.18. The van der Waals surface area contributed by atoms with E-state index in [2.05, 4.69) is 42.8 Å². The van der Waals surface area contributed by atoms with E-state index in [1.54, 1.807) is 0 Å². The SMILES string of the molecule is CC(C)C1(C)C[C@H](N)c2cc(Br)ccc2O1. The molecule has 0 spiro atoms. The smallest absolute Gasteiger partial charge is 0.124 e. The summed E-state index contributed by atoms with van der Waals surface area (Å²) in [5, 5.41) is 0. The Kier molecular flexibility index (Phi) is 3.01. The van der Waals surface area contributed by atoms with E-state index < -0.39 is 0 Å². The maximum atomic E-state index is 6.23. The molecule has 2 atom stereocenters. The van der Waals surface area contributed by atoms with Crippen LogP contribution in [0.4, 0.5) is 0 Å². The van der Waals surface area contributed by atoms with E-state index in [9.17, 15) is 0 Å². The van der Waals surface area contributed by atoms with Crippen molar-refractivity contribution in [1.82, 2.24) is 0 Å². The Balaban J connectivity index is 2.40. The van der Waals surface area contributed by atoms with E-state index >= 15 is 0 Å². The molecule has 0 radical (unpaired) electrons. The molecule has 2 N–H and O–H groups in total. The summed E-state index contributed by atoms with van der Waals surface area (Å²) >= 11 is 3.46. The standard InChI is InChI=1S/C13H18BrNO/c1-8(2)13(3)7-11(15)10-6-9(14)4-5-12(10)16-13/h4-6,8,11H,7,15H2,1-3H3/t11-,13?/m0/s1. The minimum atomic E-state index is -0.153. The number of hydrogen-bond donors (Lipinski definition) is 1. The minimum Gasteiger partial charge on any atom is -0.487 e. The van der Waals surface area contributed by atoms with Crippen molar-refractivity contribution in [3.63, 3.8) is 0 Å². The molecule has 0 amide bonds. The lowest BCUT2D eigenvalue weighted by Gasteiger charge is -2.41. The molecular formula is C13H18BrNO. The highest BCUT2D eigenvalue weighted by atomic mass is 79.9. The van der Waals surface area contributed by atoms with Crippen LogP contribution in [-0.2, 0) is 0 Å². The van der Waals surface area contributed by atoms with Crippen LogP contribution in [0.15, 0.2) is 22.7 Å². The summed E-state index contributed by atoms with van der Waals surface area (Å²) < 4.78 is 7.16. The van der Waals surface area contributed by atoms with Crippen molar-refractivity contribution in [1.29, 1.82) is 0 Å². The van der Waals surface area contributed by atoms with Crippen molar-refractivity contribution in [3.8, 4) is 5.75 Å². The summed E-state index contributed by atoms with van der Waals surface area (Å²) in [4.78, 5) is 0. The van der Waals surface area contributed by atoms with Gasteiger partial charge in [0.05, 0.1) is 0 Å². The maximum absolute atomic E-state index is 6.23. The van der Waals surface area contributed by atoms with Crippen LogP contribution in [-0.4, -0.2) is 5.60 Å². The van der Waals surface area contributed by atoms with Gasteiger partial charge >= 0.3 is 0 Å². The second kappa shape index (κ2) is 4.04. The number of ether oxygens (including phenoxy) is 1. The second-order valence-electron chi connectivity index (χ2n) is 5.06. The van der Waals surface area contributed by atoms with Gasteiger partial charge in [-0.3, -0.25) is 0 Å². The summed E-state index contributed by atoms with van der Waals surface area (Å²) in [6.45, 7) is 6.50. The third kappa shape index (κ3) is 1.98. The molecule has 2 nitrogen and oxygen atoms in total. The minimum absolute atomic E-state index is 0.0636. The normalized spacial score (nSPS) is 28.8. The van der Waals surface area contributed by atoms with Crippen LogP contribution in [0.3, 0.4) is 0 Å². The van der Waals surface area contributed by atoms with Crippen molar-refractivity contribution in [3.05, 3.63) is 28.2 Å². The van der Waals surface area contributed by atoms with Gasteiger partial charge in [-0.25, -0.2) is 0 Å². The monoisotopic (exact) mass is 283 g/mol. The maximum Gasteiger partial charge on any atom is 0.124 e. The molecule has 0 aliphatic carbocycles. The van der Waals surface area contributed by atoms with Crippen molar-refractivity contribution in [2.24, 2.45) is 11.7 Å². The van der Waals surface area contributed by atoms with Crippen molar-refractivity contribution in [2.75, 3.05) is 0 Å². The fourth-order valence-corrected chi connectivity index (χ4v) is 2.47. The number of halogens is 1. The first kappa shape index (κ1) is 11.9. The zero-order valence-electron chi connectivity index (χ0n) is 9.96. The van der Waals surface area contributed by atoms with Gasteiger partial charge in [0.2, 0.25) is 0 Å². The van der Waals surface area contributed by atoms with Crippen LogP contribution < -0.4 is 10.5 Å². The molecule has 1 aromatic carbocycles. The summed E-state index contributed by atoms with van der Waals surface area (Å²) in [6, 6.07) is 6.12. The van der Waals surface area contributed by atoms with Crippen LogP contribution in [0.25, 0.3) is 0 Å². The molecule has 3 heteroatoms. The Morgan fingerprint density at radius 3 is 2.81 bits per heavy atom. The molecule has 0 bridgehead atoms. The van der Waals surface area contributed by atoms with Crippen molar-refractivity contribution in [2.45, 2.75) is 38.8 Å². The highest BCUT2D eigenvalue weighted by molar-refractivity contribution is 9.10. The van der Waals surface area contributed by atoms with Gasteiger partial charge in [-0.2, -0.15) is 0 Å². The highest BCUT2D eigenvalue weighted by Crippen LogP contribution is 2.42. The zero-order chi connectivity index (χ0) is 11.9. The second-order valence-corrected chi connectivity index (χ2v) is 5.98. The third-order valence-corrected chi connectivity index (χ3v) is 4.05. The molecule has 2 rings (SSSR count). The number of nitrogens with two attached hydrogens (primary N) is 1. The Hall–Kier alpha value is -0.540. The topological polar surface area (TPSA) is 35.2 Å². The lowest BCUT2D eigenvalue weighted by Crippen LogP contribution is -2.44. The van der Waals surface area contributed by atoms with Crippen LogP contribution in [0.5, 0.6) is 5.75 Å². The third-order valence-electron chi connectivity index (χ3n) is 3.56. The molecule has 1 aliphatic rings. The molecule has 1 heterocycles. The number of rotatable bonds is 1. The van der Waals surface area contributed by atoms with Crippen molar-refractivity contribution < 1.29 is 4.74 Å². The van der Waals surface area contributed by atoms with Gasteiger partial charge in [0.25, 0.3) is 0 Å². The molecule has 1 aromatic rings. The molecule has 88 valence electrons. The molecular weight excluding hydrogens is 266 g/mol. The Labute approximate surface area is 105 Å². The quantitative estimate of drug-likeness (QED) is 0.854. The van der Waals surface area contributed by atoms with E-state index in [4.69, 9.17) is 10.5 Å². The van der Waals surface area contributed by atoms with Gasteiger partial charge < -0.3 is 10.5 Å². The van der Waals surface area contributed by atoms with Gasteiger partial charge in [-0.1, -0.05) is 29.8 Å². The first-order valence-corrected chi connectivity index (χ1v) is 6.46. The van der Waals surface area contributed by atoms with E-state index in [0.29, 0.717) is 5.92 Å². The Morgan fingerprint density at radius 2 is 2.19 bits per heavy atom. The predicted octanol–water partition coefficient (Wildman–Crippen LogP) is 3.65. The largest absolute Gasteiger partial charge is 0.487 e. The molecule has 0 aromatic heterocycles. The van der Waals surface area contributed by atoms with Gasteiger partial charge in [-0.15, -0.1) is 0 Å². The van der Waals surface area contributed by atoms with Crippen LogP contribution >= 0.6 is 15.9 Å². The van der Waals surface area contributed by atoms with Gasteiger partial charge in [0.15, 0.2) is 0 Å². The number of benzene rings is 1. The lowest BCUT2D eigenvalue weighted by molar-refractivity contribution is 0.0108. The average molecular weight is 284 g/mol. The summed E-state index contributed by atoms with van der Waals surface area (Å²) in [7, 11) is 0. The van der Waals surface area contributed by atoms with Crippen LogP contribution in [0.2, 0.25) is 0 Å². The van der Waals surface area contributed by atoms with E-state index in [0.717, 1.165) is 22.2 Å². The molecule has 0 saturated carbocycles. The van der Waals surface area contributed by atoms with Crippen LogP contribution in [0.1, 0.15) is 38.8 Å². The Morgan fingerprint density at radius 1 is 1.50 bits per heavy atom. The van der Waals surface area contributed by atoms with Crippen molar-refractivity contribution >= 4 is 15.9 Å². The first-order valence-electron chi connectivity index (χ1n) is 5.66. The van der Waals surface area contributed by atoms with Gasteiger partial charge in [0, 0.05) is 22.5 Å². The predicted molar refractivity (Wildman–Crippen MR) is 69.6 cm³/mol. The fourth-order valence-electron chi connectivity index (χ4n) is 2.10. The molecule has 0 saturated heterocycles. The Bertz CT molecular complexity index is 405. The van der Waals surface area contributed by atoms with Gasteiger partial charge in [0.1, 0.15) is 11.4 Å². The van der Waals surface area contributed by atoms with E-state index in [1.807, 2.05) is 12.1 Å². The van der Waals surface area contributed by atoms with E-state index in [-0.39, 0.29) is 11.6 Å².